The number of carbonyl (C=O) groups excluding carboxylic acids is 1. The Labute approximate surface area is 164 Å². The van der Waals surface area contributed by atoms with Gasteiger partial charge in [-0.05, 0) is 104 Å². The van der Waals surface area contributed by atoms with Crippen LogP contribution >= 0.6 is 11.8 Å². The molecule has 0 heterocycles. The number of hydrogen-bond donors (Lipinski definition) is 1. The molecule has 4 saturated carbocycles. The lowest BCUT2D eigenvalue weighted by atomic mass is 9.44. The van der Waals surface area contributed by atoms with Gasteiger partial charge in [0.2, 0.25) is 0 Å². The fraction of sp³-hybridized carbons (Fsp3) is 0.955. The van der Waals surface area contributed by atoms with Crippen LogP contribution in [0.4, 0.5) is 0 Å². The number of carbonyl (C=O) groups is 1. The van der Waals surface area contributed by atoms with Crippen molar-refractivity contribution in [3.8, 4) is 0 Å². The van der Waals surface area contributed by atoms with Gasteiger partial charge in [0.1, 0.15) is 0 Å². The van der Waals surface area contributed by atoms with E-state index >= 15 is 0 Å². The first kappa shape index (κ1) is 19.2. The Kier molecular flexibility index (Phi) is 4.98. The second-order valence-electron chi connectivity index (χ2n) is 10.5. The van der Waals surface area contributed by atoms with Gasteiger partial charge in [0.05, 0.1) is 12.6 Å². The zero-order chi connectivity index (χ0) is 18.7. The Morgan fingerprint density at radius 2 is 1.73 bits per heavy atom. The summed E-state index contributed by atoms with van der Waals surface area (Å²) in [5.74, 6) is 3.56. The van der Waals surface area contributed by atoms with Crippen molar-refractivity contribution in [3.63, 3.8) is 0 Å². The van der Waals surface area contributed by atoms with E-state index in [1.165, 1.54) is 42.9 Å². The van der Waals surface area contributed by atoms with Gasteiger partial charge in [-0.3, -0.25) is 4.79 Å². The fourth-order valence-electron chi connectivity index (χ4n) is 8.09. The molecule has 4 aliphatic rings. The Hall–Kier alpha value is -0.120. The zero-order valence-corrected chi connectivity index (χ0v) is 17.5. The van der Waals surface area contributed by atoms with E-state index in [4.69, 9.17) is 11.8 Å². The van der Waals surface area contributed by atoms with Crippen molar-refractivity contribution < 1.29 is 9.90 Å². The molecule has 0 aromatic heterocycles. The lowest BCUT2D eigenvalue weighted by Gasteiger charge is -2.60. The molecular weight excluding hydrogens is 346 g/mol. The highest BCUT2D eigenvalue weighted by Gasteiger charge is 2.61. The molecule has 1 N–H and O–H groups in total. The minimum absolute atomic E-state index is 0.0699. The average Bonchev–Trinajstić information content (AvgIpc) is 2.92. The van der Waals surface area contributed by atoms with E-state index in [9.17, 15) is 9.90 Å². The standard InChI is InChI=1S/C22H36ClNO2/c1-21-10-8-15(25)12-14(21)4-5-16-17-6-7-19(20(26)13-24(3)23)22(17,2)11-9-18(16)21/h14-19,25H,4-13H2,1-3H3/t14-,15-,16-,17-,18-,19+,21-,22-/m0/s1. The molecule has 0 aliphatic heterocycles. The van der Waals surface area contributed by atoms with Crippen LogP contribution in [0.2, 0.25) is 0 Å². The van der Waals surface area contributed by atoms with Crippen molar-refractivity contribution in [1.82, 2.24) is 4.42 Å². The Morgan fingerprint density at radius 3 is 2.46 bits per heavy atom. The molecule has 3 nitrogen and oxygen atoms in total. The van der Waals surface area contributed by atoms with Crippen LogP contribution in [0.5, 0.6) is 0 Å². The Balaban J connectivity index is 1.55. The molecule has 4 fully saturated rings. The second kappa shape index (κ2) is 6.74. The van der Waals surface area contributed by atoms with Gasteiger partial charge < -0.3 is 5.11 Å². The lowest BCUT2D eigenvalue weighted by Crippen LogP contribution is -2.54. The van der Waals surface area contributed by atoms with E-state index in [2.05, 4.69) is 13.8 Å². The number of nitrogens with zero attached hydrogens (tertiary/aromatic N) is 1. The molecule has 4 heteroatoms. The number of Topliss-reactive ketones (excluding diaryl/α,β-unsaturated/α-hetero) is 1. The molecule has 0 amide bonds. The molecule has 0 radical (unpaired) electrons. The number of likely N-dealkylation sites (N-methyl/N-ethyl adjacent to an activating group) is 1. The molecule has 0 spiro atoms. The molecule has 0 unspecified atom stereocenters. The van der Waals surface area contributed by atoms with Crippen molar-refractivity contribution in [2.75, 3.05) is 13.6 Å². The van der Waals surface area contributed by atoms with Crippen LogP contribution in [0.25, 0.3) is 0 Å². The van der Waals surface area contributed by atoms with Crippen molar-refractivity contribution in [2.45, 2.75) is 77.7 Å². The van der Waals surface area contributed by atoms with Crippen molar-refractivity contribution in [1.29, 1.82) is 0 Å². The topological polar surface area (TPSA) is 40.5 Å². The minimum atomic E-state index is -0.0699. The smallest absolute Gasteiger partial charge is 0.151 e. The zero-order valence-electron chi connectivity index (χ0n) is 16.7. The maximum Gasteiger partial charge on any atom is 0.151 e. The third kappa shape index (κ3) is 2.88. The number of hydrogen-bond acceptors (Lipinski definition) is 3. The molecule has 26 heavy (non-hydrogen) atoms. The molecule has 0 aromatic rings. The number of rotatable bonds is 3. The fourth-order valence-corrected chi connectivity index (χ4v) is 8.21. The number of aliphatic hydroxyl groups is 1. The van der Waals surface area contributed by atoms with Gasteiger partial charge >= 0.3 is 0 Å². The highest BCUT2D eigenvalue weighted by molar-refractivity contribution is 6.14. The van der Waals surface area contributed by atoms with Crippen LogP contribution in [-0.4, -0.2) is 35.0 Å². The normalized spacial score (nSPS) is 50.8. The van der Waals surface area contributed by atoms with Gasteiger partial charge in [0.25, 0.3) is 0 Å². The highest BCUT2D eigenvalue weighted by atomic mass is 35.5. The summed E-state index contributed by atoms with van der Waals surface area (Å²) in [7, 11) is 1.78. The monoisotopic (exact) mass is 381 g/mol. The molecule has 4 aliphatic carbocycles. The number of fused-ring (bicyclic) bond motifs is 5. The summed E-state index contributed by atoms with van der Waals surface area (Å²) in [5.41, 5.74) is 0.602. The first-order valence-corrected chi connectivity index (χ1v) is 11.2. The predicted octanol–water partition coefficient (Wildman–Crippen LogP) is 4.66. The van der Waals surface area contributed by atoms with E-state index in [1.54, 1.807) is 7.05 Å². The molecular formula is C22H36ClNO2. The number of ketones is 1. The highest BCUT2D eigenvalue weighted by Crippen LogP contribution is 2.67. The van der Waals surface area contributed by atoms with Gasteiger partial charge in [-0.1, -0.05) is 13.8 Å². The summed E-state index contributed by atoms with van der Waals surface area (Å²) < 4.78 is 1.52. The molecule has 0 saturated heterocycles. The Morgan fingerprint density at radius 1 is 1.04 bits per heavy atom. The van der Waals surface area contributed by atoms with Crippen molar-refractivity contribution >= 4 is 17.6 Å². The van der Waals surface area contributed by atoms with E-state index < -0.39 is 0 Å². The van der Waals surface area contributed by atoms with Crippen LogP contribution in [0.1, 0.15) is 71.6 Å². The van der Waals surface area contributed by atoms with E-state index in [-0.39, 0.29) is 17.4 Å². The average molecular weight is 382 g/mol. The van der Waals surface area contributed by atoms with Crippen LogP contribution < -0.4 is 0 Å². The number of aliphatic hydroxyl groups excluding tert-OH is 1. The quantitative estimate of drug-likeness (QED) is 0.722. The van der Waals surface area contributed by atoms with Crippen molar-refractivity contribution in [2.24, 2.45) is 40.4 Å². The van der Waals surface area contributed by atoms with Gasteiger partial charge in [-0.15, -0.1) is 0 Å². The van der Waals surface area contributed by atoms with E-state index in [0.29, 0.717) is 29.6 Å². The number of halogens is 1. The van der Waals surface area contributed by atoms with E-state index in [1.807, 2.05) is 0 Å². The molecule has 8 atom stereocenters. The third-order valence-electron chi connectivity index (χ3n) is 9.40. The van der Waals surface area contributed by atoms with Crippen LogP contribution in [0.15, 0.2) is 0 Å². The van der Waals surface area contributed by atoms with Gasteiger partial charge in [-0.25, -0.2) is 4.42 Å². The molecule has 0 aromatic carbocycles. The summed E-state index contributed by atoms with van der Waals surface area (Å²) in [6.45, 7) is 5.32. The van der Waals surface area contributed by atoms with Gasteiger partial charge in [0, 0.05) is 13.0 Å². The van der Waals surface area contributed by atoms with Gasteiger partial charge in [-0.2, -0.15) is 0 Å². The first-order chi connectivity index (χ1) is 12.3. The maximum absolute atomic E-state index is 12.8. The largest absolute Gasteiger partial charge is 0.393 e. The Bertz CT molecular complexity index is 566. The first-order valence-electron chi connectivity index (χ1n) is 10.8. The SMILES string of the molecule is CN(Cl)CC(=O)[C@H]1CC[C@H]2[C@@H]3CC[C@H]4C[C@@H](O)CC[C@]4(C)[C@H]3CC[C@]12C. The summed E-state index contributed by atoms with van der Waals surface area (Å²) in [5, 5.41) is 10.2. The molecule has 0 bridgehead atoms. The maximum atomic E-state index is 12.8. The minimum Gasteiger partial charge on any atom is -0.393 e. The van der Waals surface area contributed by atoms with Crippen molar-refractivity contribution in [3.05, 3.63) is 0 Å². The molecule has 4 rings (SSSR count). The predicted molar refractivity (Wildman–Crippen MR) is 105 cm³/mol. The lowest BCUT2D eigenvalue weighted by molar-refractivity contribution is -0.139. The summed E-state index contributed by atoms with van der Waals surface area (Å²) in [6.07, 6.45) is 10.5. The summed E-state index contributed by atoms with van der Waals surface area (Å²) in [6, 6.07) is 0. The summed E-state index contributed by atoms with van der Waals surface area (Å²) >= 11 is 5.98. The van der Waals surface area contributed by atoms with Crippen LogP contribution in [-0.2, 0) is 4.79 Å². The van der Waals surface area contributed by atoms with Crippen LogP contribution in [0.3, 0.4) is 0 Å². The van der Waals surface area contributed by atoms with Crippen LogP contribution in [0, 0.1) is 40.4 Å². The van der Waals surface area contributed by atoms with E-state index in [0.717, 1.165) is 31.1 Å². The summed E-state index contributed by atoms with van der Waals surface area (Å²) in [4.78, 5) is 12.8. The van der Waals surface area contributed by atoms with Gasteiger partial charge in [0.15, 0.2) is 5.78 Å². The second-order valence-corrected chi connectivity index (χ2v) is 11.1. The third-order valence-corrected chi connectivity index (χ3v) is 9.52. The molecule has 148 valence electrons.